The summed E-state index contributed by atoms with van der Waals surface area (Å²) < 4.78 is 2.40. The van der Waals surface area contributed by atoms with E-state index in [2.05, 4.69) is 78.4 Å². The van der Waals surface area contributed by atoms with Crippen molar-refractivity contribution in [3.8, 4) is 0 Å². The van der Waals surface area contributed by atoms with E-state index in [4.69, 9.17) is 0 Å². The minimum absolute atomic E-state index is 0.306. The SMILES string of the molecule is Cc1ccccc1Cn1cccc1C[NH+](C[C@@H](O)Cc1ccccc1)C1CCCCC1. The highest BCUT2D eigenvalue weighted by atomic mass is 16.3. The first-order valence-electron chi connectivity index (χ1n) is 11.9. The zero-order chi connectivity index (χ0) is 21.5. The molecule has 31 heavy (non-hydrogen) atoms. The van der Waals surface area contributed by atoms with E-state index >= 15 is 0 Å². The molecular weight excluding hydrogens is 380 g/mol. The summed E-state index contributed by atoms with van der Waals surface area (Å²) in [5.41, 5.74) is 5.32. The van der Waals surface area contributed by atoms with Gasteiger partial charge < -0.3 is 14.6 Å². The Hall–Kier alpha value is -2.36. The van der Waals surface area contributed by atoms with Crippen LogP contribution in [0.4, 0.5) is 0 Å². The van der Waals surface area contributed by atoms with E-state index in [9.17, 15) is 5.11 Å². The van der Waals surface area contributed by atoms with Gasteiger partial charge in [-0.2, -0.15) is 0 Å². The second-order valence-corrected chi connectivity index (χ2v) is 9.27. The maximum Gasteiger partial charge on any atom is 0.118 e. The molecule has 1 unspecified atom stereocenters. The van der Waals surface area contributed by atoms with Gasteiger partial charge in [-0.15, -0.1) is 0 Å². The zero-order valence-electron chi connectivity index (χ0n) is 18.8. The number of quaternary nitrogens is 1. The van der Waals surface area contributed by atoms with Gasteiger partial charge in [0.1, 0.15) is 19.2 Å². The average Bonchev–Trinajstić information content (AvgIpc) is 3.23. The third-order valence-corrected chi connectivity index (χ3v) is 6.93. The van der Waals surface area contributed by atoms with Crippen molar-refractivity contribution in [2.45, 2.75) is 70.7 Å². The molecule has 164 valence electrons. The number of rotatable bonds is 9. The Bertz CT molecular complexity index is 927. The first-order valence-corrected chi connectivity index (χ1v) is 11.9. The number of hydrogen-bond acceptors (Lipinski definition) is 1. The van der Waals surface area contributed by atoms with Crippen LogP contribution in [0.25, 0.3) is 0 Å². The molecule has 0 amide bonds. The lowest BCUT2D eigenvalue weighted by molar-refractivity contribution is -0.943. The van der Waals surface area contributed by atoms with Gasteiger partial charge in [0.25, 0.3) is 0 Å². The largest absolute Gasteiger partial charge is 0.387 e. The number of aliphatic hydroxyl groups is 1. The molecule has 0 spiro atoms. The van der Waals surface area contributed by atoms with Crippen LogP contribution in [-0.4, -0.2) is 28.4 Å². The van der Waals surface area contributed by atoms with Gasteiger partial charge in [0.2, 0.25) is 0 Å². The van der Waals surface area contributed by atoms with Gasteiger partial charge >= 0.3 is 0 Å². The molecule has 3 heteroatoms. The van der Waals surface area contributed by atoms with Crippen LogP contribution in [-0.2, 0) is 19.5 Å². The van der Waals surface area contributed by atoms with E-state index in [0.717, 1.165) is 26.1 Å². The van der Waals surface area contributed by atoms with Crippen molar-refractivity contribution in [2.24, 2.45) is 0 Å². The summed E-state index contributed by atoms with van der Waals surface area (Å²) in [6, 6.07) is 24.2. The van der Waals surface area contributed by atoms with Crippen molar-refractivity contribution in [2.75, 3.05) is 6.54 Å². The Labute approximate surface area is 187 Å². The fraction of sp³-hybridized carbons (Fsp3) is 0.429. The molecule has 2 aromatic carbocycles. The van der Waals surface area contributed by atoms with Crippen LogP contribution in [0.5, 0.6) is 0 Å². The van der Waals surface area contributed by atoms with Crippen LogP contribution < -0.4 is 4.90 Å². The van der Waals surface area contributed by atoms with Crippen LogP contribution >= 0.6 is 0 Å². The summed E-state index contributed by atoms with van der Waals surface area (Å²) in [5.74, 6) is 0. The van der Waals surface area contributed by atoms with Gasteiger partial charge in [-0.3, -0.25) is 0 Å². The topological polar surface area (TPSA) is 29.6 Å². The predicted octanol–water partition coefficient (Wildman–Crippen LogP) is 4.17. The molecular formula is C28H37N2O+. The van der Waals surface area contributed by atoms with Crippen LogP contribution in [0.2, 0.25) is 0 Å². The van der Waals surface area contributed by atoms with E-state index < -0.39 is 0 Å². The Morgan fingerprint density at radius 2 is 1.68 bits per heavy atom. The molecule has 1 aromatic heterocycles. The Kier molecular flexibility index (Phi) is 7.61. The molecule has 1 aliphatic carbocycles. The molecule has 1 heterocycles. The van der Waals surface area contributed by atoms with Gasteiger partial charge in [-0.25, -0.2) is 0 Å². The molecule has 1 aliphatic rings. The first kappa shape index (κ1) is 21.9. The van der Waals surface area contributed by atoms with E-state index in [0.29, 0.717) is 6.04 Å². The third kappa shape index (κ3) is 6.09. The summed E-state index contributed by atoms with van der Waals surface area (Å²) in [6.45, 7) is 4.90. The highest BCUT2D eigenvalue weighted by molar-refractivity contribution is 5.26. The zero-order valence-corrected chi connectivity index (χ0v) is 18.8. The van der Waals surface area contributed by atoms with Crippen molar-refractivity contribution in [1.29, 1.82) is 0 Å². The first-order chi connectivity index (χ1) is 15.2. The number of aliphatic hydroxyl groups excluding tert-OH is 1. The van der Waals surface area contributed by atoms with Crippen molar-refractivity contribution in [1.82, 2.24) is 4.57 Å². The number of hydrogen-bond donors (Lipinski definition) is 2. The summed E-state index contributed by atoms with van der Waals surface area (Å²) >= 11 is 0. The smallest absolute Gasteiger partial charge is 0.118 e. The normalized spacial score (nSPS) is 16.8. The number of aromatic nitrogens is 1. The van der Waals surface area contributed by atoms with E-state index in [1.165, 1.54) is 54.5 Å². The summed E-state index contributed by atoms with van der Waals surface area (Å²) in [4.78, 5) is 1.55. The number of nitrogens with zero attached hydrogens (tertiary/aromatic N) is 1. The number of benzene rings is 2. The molecule has 0 saturated heterocycles. The van der Waals surface area contributed by atoms with Gasteiger partial charge in [0.05, 0.1) is 11.7 Å². The van der Waals surface area contributed by atoms with Gasteiger partial charge in [-0.1, -0.05) is 61.0 Å². The van der Waals surface area contributed by atoms with Gasteiger partial charge in [-0.05, 0) is 61.4 Å². The van der Waals surface area contributed by atoms with Crippen LogP contribution in [0.1, 0.15) is 54.5 Å². The Morgan fingerprint density at radius 3 is 2.45 bits per heavy atom. The lowest BCUT2D eigenvalue weighted by atomic mass is 9.93. The van der Waals surface area contributed by atoms with Crippen LogP contribution in [0.3, 0.4) is 0 Å². The van der Waals surface area contributed by atoms with Crippen molar-refractivity contribution in [3.63, 3.8) is 0 Å². The maximum atomic E-state index is 10.9. The molecule has 3 aromatic rings. The van der Waals surface area contributed by atoms with Crippen molar-refractivity contribution < 1.29 is 10.0 Å². The fourth-order valence-corrected chi connectivity index (χ4v) is 5.12. The predicted molar refractivity (Wildman–Crippen MR) is 127 cm³/mol. The highest BCUT2D eigenvalue weighted by Gasteiger charge is 2.27. The molecule has 1 fully saturated rings. The van der Waals surface area contributed by atoms with Crippen LogP contribution in [0.15, 0.2) is 72.9 Å². The molecule has 2 atom stereocenters. The lowest BCUT2D eigenvalue weighted by Crippen LogP contribution is -3.15. The fourth-order valence-electron chi connectivity index (χ4n) is 5.12. The molecule has 2 N–H and O–H groups in total. The number of aryl methyl sites for hydroxylation is 1. The second kappa shape index (κ2) is 10.8. The minimum atomic E-state index is -0.306. The molecule has 4 rings (SSSR count). The molecule has 3 nitrogen and oxygen atoms in total. The maximum absolute atomic E-state index is 10.9. The standard InChI is InChI=1S/C28H36N2O/c1-23-11-8-9-14-25(23)20-29-18-10-17-27(29)21-30(26-15-6-3-7-16-26)22-28(31)19-24-12-4-2-5-13-24/h2,4-5,8-14,17-18,26,28,31H,3,6-7,15-16,19-22H2,1H3/p+1/t28-/m0/s1. The molecule has 0 radical (unpaired) electrons. The van der Waals surface area contributed by atoms with E-state index in [1.807, 2.05) is 6.07 Å². The van der Waals surface area contributed by atoms with Crippen molar-refractivity contribution in [3.05, 3.63) is 95.3 Å². The third-order valence-electron chi connectivity index (χ3n) is 6.93. The van der Waals surface area contributed by atoms with Gasteiger partial charge in [0, 0.05) is 19.2 Å². The lowest BCUT2D eigenvalue weighted by Gasteiger charge is -2.33. The van der Waals surface area contributed by atoms with Crippen molar-refractivity contribution >= 4 is 0 Å². The minimum Gasteiger partial charge on any atom is -0.387 e. The summed E-state index contributed by atoms with van der Waals surface area (Å²) in [5, 5.41) is 10.9. The molecule has 0 bridgehead atoms. The number of nitrogens with one attached hydrogen (secondary N) is 1. The second-order valence-electron chi connectivity index (χ2n) is 9.27. The molecule has 1 saturated carbocycles. The quantitative estimate of drug-likeness (QED) is 0.538. The van der Waals surface area contributed by atoms with E-state index in [-0.39, 0.29) is 6.10 Å². The Balaban J connectivity index is 1.47. The summed E-state index contributed by atoms with van der Waals surface area (Å²) in [7, 11) is 0. The molecule has 0 aliphatic heterocycles. The summed E-state index contributed by atoms with van der Waals surface area (Å²) in [6.07, 6.45) is 9.22. The Morgan fingerprint density at radius 1 is 0.935 bits per heavy atom. The average molecular weight is 418 g/mol. The van der Waals surface area contributed by atoms with E-state index in [1.54, 1.807) is 4.90 Å². The van der Waals surface area contributed by atoms with Gasteiger partial charge in [0.15, 0.2) is 0 Å². The highest BCUT2D eigenvalue weighted by Crippen LogP contribution is 2.17. The van der Waals surface area contributed by atoms with Crippen LogP contribution in [0, 0.1) is 6.92 Å². The monoisotopic (exact) mass is 417 g/mol.